The minimum absolute atomic E-state index is 0.0127. The standard InChI is InChI=1S/C13H23N3O/c1-10(14)11-3-4-12(15-9-11)13(17)5-7-16(2)8-6-13/h3-4,9-10,12,15,17H,5-8,14H2,1-2H3. The average molecular weight is 237 g/mol. The monoisotopic (exact) mass is 237 g/mol. The molecule has 2 aliphatic heterocycles. The molecule has 1 fully saturated rings. The summed E-state index contributed by atoms with van der Waals surface area (Å²) < 4.78 is 0. The molecule has 1 saturated heterocycles. The Hall–Kier alpha value is -0.840. The van der Waals surface area contributed by atoms with Crippen LogP contribution >= 0.6 is 0 Å². The van der Waals surface area contributed by atoms with E-state index in [9.17, 15) is 5.11 Å². The normalized spacial score (nSPS) is 30.6. The summed E-state index contributed by atoms with van der Waals surface area (Å²) in [4.78, 5) is 2.25. The van der Waals surface area contributed by atoms with E-state index in [0.717, 1.165) is 31.5 Å². The zero-order valence-corrected chi connectivity index (χ0v) is 10.7. The van der Waals surface area contributed by atoms with Crippen molar-refractivity contribution in [3.63, 3.8) is 0 Å². The van der Waals surface area contributed by atoms with Gasteiger partial charge in [0, 0.05) is 25.3 Å². The van der Waals surface area contributed by atoms with Gasteiger partial charge in [-0.3, -0.25) is 0 Å². The van der Waals surface area contributed by atoms with Crippen LogP contribution in [0.2, 0.25) is 0 Å². The Kier molecular flexibility index (Phi) is 3.56. The van der Waals surface area contributed by atoms with Gasteiger partial charge >= 0.3 is 0 Å². The van der Waals surface area contributed by atoms with Crippen molar-refractivity contribution in [3.8, 4) is 0 Å². The number of hydrogen-bond acceptors (Lipinski definition) is 4. The molecule has 0 saturated carbocycles. The number of nitrogens with two attached hydrogens (primary N) is 1. The number of dihydropyridines is 1. The van der Waals surface area contributed by atoms with Gasteiger partial charge in [-0.15, -0.1) is 0 Å². The van der Waals surface area contributed by atoms with E-state index in [1.54, 1.807) is 0 Å². The number of piperidine rings is 1. The molecule has 2 heterocycles. The molecule has 0 bridgehead atoms. The number of hydrogen-bond donors (Lipinski definition) is 3. The number of likely N-dealkylation sites (tertiary alicyclic amines) is 1. The van der Waals surface area contributed by atoms with Crippen LogP contribution in [0.5, 0.6) is 0 Å². The first-order chi connectivity index (χ1) is 8.01. The smallest absolute Gasteiger partial charge is 0.0907 e. The van der Waals surface area contributed by atoms with Crippen molar-refractivity contribution < 1.29 is 5.11 Å². The maximum Gasteiger partial charge on any atom is 0.0907 e. The van der Waals surface area contributed by atoms with Crippen LogP contribution in [0, 0.1) is 0 Å². The van der Waals surface area contributed by atoms with Crippen LogP contribution in [0.1, 0.15) is 19.8 Å². The molecule has 2 aliphatic rings. The van der Waals surface area contributed by atoms with Gasteiger partial charge in [0.2, 0.25) is 0 Å². The van der Waals surface area contributed by atoms with Crippen LogP contribution in [0.3, 0.4) is 0 Å². The van der Waals surface area contributed by atoms with Crippen LogP contribution in [-0.2, 0) is 0 Å². The van der Waals surface area contributed by atoms with Crippen molar-refractivity contribution in [3.05, 3.63) is 23.9 Å². The van der Waals surface area contributed by atoms with Gasteiger partial charge in [0.15, 0.2) is 0 Å². The summed E-state index contributed by atoms with van der Waals surface area (Å²) >= 11 is 0. The third kappa shape index (κ3) is 2.70. The van der Waals surface area contributed by atoms with Crippen LogP contribution in [0.25, 0.3) is 0 Å². The summed E-state index contributed by atoms with van der Waals surface area (Å²) in [6.45, 7) is 3.86. The Labute approximate surface area is 103 Å². The number of aliphatic hydroxyl groups is 1. The molecular formula is C13H23N3O. The average Bonchev–Trinajstić information content (AvgIpc) is 2.33. The summed E-state index contributed by atoms with van der Waals surface area (Å²) in [6.07, 6.45) is 7.64. The van der Waals surface area contributed by atoms with E-state index in [-0.39, 0.29) is 12.1 Å². The summed E-state index contributed by atoms with van der Waals surface area (Å²) in [5.41, 5.74) is 6.27. The molecule has 4 heteroatoms. The molecule has 0 amide bonds. The molecule has 2 atom stereocenters. The summed E-state index contributed by atoms with van der Waals surface area (Å²) in [6, 6.07) is 0.0468. The van der Waals surface area contributed by atoms with Gasteiger partial charge < -0.3 is 21.1 Å². The molecule has 0 aromatic heterocycles. The van der Waals surface area contributed by atoms with Gasteiger partial charge in [0.1, 0.15) is 0 Å². The molecule has 17 heavy (non-hydrogen) atoms. The molecule has 0 spiro atoms. The van der Waals surface area contributed by atoms with Gasteiger partial charge in [-0.2, -0.15) is 0 Å². The molecule has 0 radical (unpaired) electrons. The number of rotatable bonds is 2. The van der Waals surface area contributed by atoms with E-state index in [4.69, 9.17) is 5.73 Å². The molecule has 4 N–H and O–H groups in total. The molecule has 96 valence electrons. The minimum atomic E-state index is -0.622. The van der Waals surface area contributed by atoms with Gasteiger partial charge in [0.25, 0.3) is 0 Å². The van der Waals surface area contributed by atoms with Crippen molar-refractivity contribution in [1.82, 2.24) is 10.2 Å². The van der Waals surface area contributed by atoms with Gasteiger partial charge in [-0.05, 0) is 32.4 Å². The highest BCUT2D eigenvalue weighted by atomic mass is 16.3. The van der Waals surface area contributed by atoms with Crippen molar-refractivity contribution in [2.45, 2.75) is 37.5 Å². The Morgan fingerprint density at radius 3 is 2.65 bits per heavy atom. The zero-order valence-electron chi connectivity index (χ0n) is 10.7. The van der Waals surface area contributed by atoms with Crippen molar-refractivity contribution in [1.29, 1.82) is 0 Å². The highest BCUT2D eigenvalue weighted by molar-refractivity contribution is 5.29. The van der Waals surface area contributed by atoms with Crippen LogP contribution in [0.15, 0.2) is 23.9 Å². The van der Waals surface area contributed by atoms with E-state index in [2.05, 4.69) is 17.3 Å². The topological polar surface area (TPSA) is 61.5 Å². The second-order valence-corrected chi connectivity index (χ2v) is 5.34. The first kappa shape index (κ1) is 12.6. The third-order valence-corrected chi connectivity index (χ3v) is 3.87. The van der Waals surface area contributed by atoms with Gasteiger partial charge in [0.05, 0.1) is 11.6 Å². The SMILES string of the molecule is CC(N)C1=CNC(C2(O)CCN(C)CC2)C=C1. The lowest BCUT2D eigenvalue weighted by Crippen LogP contribution is -2.54. The van der Waals surface area contributed by atoms with E-state index >= 15 is 0 Å². The second-order valence-electron chi connectivity index (χ2n) is 5.34. The van der Waals surface area contributed by atoms with Crippen molar-refractivity contribution >= 4 is 0 Å². The Morgan fingerprint density at radius 1 is 1.53 bits per heavy atom. The zero-order chi connectivity index (χ0) is 12.5. The molecule has 0 aliphatic carbocycles. The number of nitrogens with zero attached hydrogens (tertiary/aromatic N) is 1. The lowest BCUT2D eigenvalue weighted by atomic mass is 9.83. The molecule has 0 aromatic rings. The second kappa shape index (κ2) is 4.80. The lowest BCUT2D eigenvalue weighted by molar-refractivity contribution is -0.0312. The predicted octanol–water partition coefficient (Wildman–Crippen LogP) is 0.202. The van der Waals surface area contributed by atoms with E-state index in [1.807, 2.05) is 25.3 Å². The predicted molar refractivity (Wildman–Crippen MR) is 69.5 cm³/mol. The summed E-state index contributed by atoms with van der Waals surface area (Å²) in [5.74, 6) is 0. The van der Waals surface area contributed by atoms with Crippen LogP contribution in [0.4, 0.5) is 0 Å². The first-order valence-electron chi connectivity index (χ1n) is 6.32. The quantitative estimate of drug-likeness (QED) is 0.642. The van der Waals surface area contributed by atoms with Crippen LogP contribution < -0.4 is 11.1 Å². The number of nitrogens with one attached hydrogen (secondary N) is 1. The van der Waals surface area contributed by atoms with Gasteiger partial charge in [-0.25, -0.2) is 0 Å². The van der Waals surface area contributed by atoms with E-state index < -0.39 is 5.60 Å². The highest BCUT2D eigenvalue weighted by Crippen LogP contribution is 2.27. The van der Waals surface area contributed by atoms with E-state index in [1.165, 1.54) is 0 Å². The lowest BCUT2D eigenvalue weighted by Gasteiger charge is -2.42. The molecule has 2 rings (SSSR count). The highest BCUT2D eigenvalue weighted by Gasteiger charge is 2.38. The molecular weight excluding hydrogens is 214 g/mol. The van der Waals surface area contributed by atoms with Gasteiger partial charge in [-0.1, -0.05) is 12.2 Å². The van der Waals surface area contributed by atoms with Crippen LogP contribution in [-0.4, -0.2) is 47.8 Å². The first-order valence-corrected chi connectivity index (χ1v) is 6.32. The Morgan fingerprint density at radius 2 is 2.18 bits per heavy atom. The maximum absolute atomic E-state index is 10.6. The van der Waals surface area contributed by atoms with E-state index in [0.29, 0.717) is 0 Å². The Balaban J connectivity index is 1.99. The summed E-state index contributed by atoms with van der Waals surface area (Å²) in [7, 11) is 2.10. The fraction of sp³-hybridized carbons (Fsp3) is 0.692. The minimum Gasteiger partial charge on any atom is -0.387 e. The maximum atomic E-state index is 10.6. The molecule has 4 nitrogen and oxygen atoms in total. The molecule has 0 aromatic carbocycles. The van der Waals surface area contributed by atoms with Crippen molar-refractivity contribution in [2.24, 2.45) is 5.73 Å². The largest absolute Gasteiger partial charge is 0.387 e. The summed E-state index contributed by atoms with van der Waals surface area (Å²) in [5, 5.41) is 13.9. The third-order valence-electron chi connectivity index (χ3n) is 3.87. The fourth-order valence-corrected chi connectivity index (χ4v) is 2.43. The Bertz CT molecular complexity index is 328. The fourth-order valence-electron chi connectivity index (χ4n) is 2.43. The molecule has 2 unspecified atom stereocenters. The van der Waals surface area contributed by atoms with Crippen molar-refractivity contribution in [2.75, 3.05) is 20.1 Å².